The molecule has 1 aromatic carbocycles. The Hall–Kier alpha value is -2.64. The number of rotatable bonds is 3. The molecule has 1 aliphatic rings. The van der Waals surface area contributed by atoms with Crippen LogP contribution in [-0.2, 0) is 0 Å². The summed E-state index contributed by atoms with van der Waals surface area (Å²) in [6.45, 7) is 1.42. The number of nitrogens with two attached hydrogens (primary N) is 1. The highest BCUT2D eigenvalue weighted by molar-refractivity contribution is 6.00. The van der Waals surface area contributed by atoms with Crippen molar-refractivity contribution in [2.24, 2.45) is 0 Å². The van der Waals surface area contributed by atoms with Crippen LogP contribution in [0.5, 0.6) is 5.75 Å². The zero-order valence-electron chi connectivity index (χ0n) is 12.4. The maximum absolute atomic E-state index is 14.3. The molecule has 122 valence electrons. The van der Waals surface area contributed by atoms with Gasteiger partial charge in [0, 0.05) is 18.2 Å². The average molecular weight is 324 g/mol. The molecule has 0 bridgehead atoms. The lowest BCUT2D eigenvalue weighted by molar-refractivity contribution is 0.0694. The van der Waals surface area contributed by atoms with Crippen molar-refractivity contribution < 1.29 is 23.4 Å². The smallest absolute Gasteiger partial charge is 0.341 e. The summed E-state index contributed by atoms with van der Waals surface area (Å²) in [7, 11) is 1.29. The van der Waals surface area contributed by atoms with E-state index in [-0.39, 0.29) is 28.6 Å². The van der Waals surface area contributed by atoms with Crippen molar-refractivity contribution in [3.63, 3.8) is 0 Å². The molecule has 1 aromatic heterocycles. The summed E-state index contributed by atoms with van der Waals surface area (Å²) in [5, 5.41) is 8.88. The predicted octanol–water partition coefficient (Wildman–Crippen LogP) is 2.02. The van der Waals surface area contributed by atoms with E-state index in [1.54, 1.807) is 0 Å². The Morgan fingerprint density at radius 3 is 2.61 bits per heavy atom. The molecule has 2 atom stereocenters. The highest BCUT2D eigenvalue weighted by Gasteiger charge is 2.41. The molecule has 0 saturated heterocycles. The SMILES string of the molecule is COc1c(C)c(F)c(N)c2c(=O)c(C(=O)O)cn(C3CC3F)c12. The van der Waals surface area contributed by atoms with Crippen molar-refractivity contribution in [2.45, 2.75) is 25.6 Å². The number of carboxylic acid groups (broad SMARTS) is 1. The molecule has 3 rings (SSSR count). The molecule has 8 heteroatoms. The summed E-state index contributed by atoms with van der Waals surface area (Å²) in [5.41, 5.74) is 3.92. The summed E-state index contributed by atoms with van der Waals surface area (Å²) in [6, 6.07) is -0.630. The minimum Gasteiger partial charge on any atom is -0.494 e. The van der Waals surface area contributed by atoms with Crippen LogP contribution in [0.3, 0.4) is 0 Å². The average Bonchev–Trinajstić information content (AvgIpc) is 3.22. The third kappa shape index (κ3) is 2.05. The number of carboxylic acids is 1. The fourth-order valence-electron chi connectivity index (χ4n) is 2.81. The van der Waals surface area contributed by atoms with Gasteiger partial charge in [-0.3, -0.25) is 4.79 Å². The maximum Gasteiger partial charge on any atom is 0.341 e. The maximum atomic E-state index is 14.3. The van der Waals surface area contributed by atoms with Crippen molar-refractivity contribution in [1.82, 2.24) is 4.57 Å². The van der Waals surface area contributed by atoms with Crippen LogP contribution in [-0.4, -0.2) is 28.9 Å². The largest absolute Gasteiger partial charge is 0.494 e. The number of alkyl halides is 1. The summed E-state index contributed by atoms with van der Waals surface area (Å²) < 4.78 is 34.3. The fourth-order valence-corrected chi connectivity index (χ4v) is 2.81. The number of aromatic carboxylic acids is 1. The third-order valence-corrected chi connectivity index (χ3v) is 4.10. The molecule has 6 nitrogen and oxygen atoms in total. The van der Waals surface area contributed by atoms with Gasteiger partial charge in [0.2, 0.25) is 5.43 Å². The number of benzene rings is 1. The van der Waals surface area contributed by atoms with Gasteiger partial charge in [-0.05, 0) is 6.92 Å². The van der Waals surface area contributed by atoms with Gasteiger partial charge in [-0.2, -0.15) is 0 Å². The van der Waals surface area contributed by atoms with E-state index in [0.29, 0.717) is 0 Å². The molecule has 0 spiro atoms. The number of hydrogen-bond donors (Lipinski definition) is 2. The number of nitrogen functional groups attached to an aromatic ring is 1. The number of nitrogens with zero attached hydrogens (tertiary/aromatic N) is 1. The Morgan fingerprint density at radius 2 is 2.13 bits per heavy atom. The summed E-state index contributed by atoms with van der Waals surface area (Å²) >= 11 is 0. The highest BCUT2D eigenvalue weighted by Crippen LogP contribution is 2.44. The number of fused-ring (bicyclic) bond motifs is 1. The van der Waals surface area contributed by atoms with Gasteiger partial charge in [-0.15, -0.1) is 0 Å². The van der Waals surface area contributed by atoms with Crippen LogP contribution < -0.4 is 15.9 Å². The fraction of sp³-hybridized carbons (Fsp3) is 0.333. The second-order valence-corrected chi connectivity index (χ2v) is 5.51. The van der Waals surface area contributed by atoms with Crippen molar-refractivity contribution in [1.29, 1.82) is 0 Å². The van der Waals surface area contributed by atoms with Crippen LogP contribution in [0.2, 0.25) is 0 Å². The first-order valence-corrected chi connectivity index (χ1v) is 6.87. The van der Waals surface area contributed by atoms with E-state index in [9.17, 15) is 23.5 Å². The molecular weight excluding hydrogens is 310 g/mol. The Kier molecular flexibility index (Phi) is 3.28. The Balaban J connectivity index is 2.57. The molecule has 2 aromatic rings. The second kappa shape index (κ2) is 4.94. The van der Waals surface area contributed by atoms with E-state index >= 15 is 0 Å². The first-order valence-electron chi connectivity index (χ1n) is 6.87. The molecular formula is C15H14F2N2O4. The predicted molar refractivity (Wildman–Crippen MR) is 79.4 cm³/mol. The second-order valence-electron chi connectivity index (χ2n) is 5.51. The van der Waals surface area contributed by atoms with Crippen LogP contribution in [0, 0.1) is 12.7 Å². The van der Waals surface area contributed by atoms with Gasteiger partial charge >= 0.3 is 5.97 Å². The number of aromatic nitrogens is 1. The van der Waals surface area contributed by atoms with Crippen molar-refractivity contribution in [2.75, 3.05) is 12.8 Å². The molecule has 0 aliphatic heterocycles. The van der Waals surface area contributed by atoms with Crippen molar-refractivity contribution in [3.8, 4) is 5.75 Å². The molecule has 0 amide bonds. The summed E-state index contributed by atoms with van der Waals surface area (Å²) in [6.07, 6.45) is 0.0752. The zero-order chi connectivity index (χ0) is 17.0. The molecule has 23 heavy (non-hydrogen) atoms. The van der Waals surface area contributed by atoms with E-state index in [1.807, 2.05) is 0 Å². The van der Waals surface area contributed by atoms with Gasteiger partial charge in [-0.1, -0.05) is 0 Å². The zero-order valence-corrected chi connectivity index (χ0v) is 12.4. The van der Waals surface area contributed by atoms with E-state index in [4.69, 9.17) is 10.5 Å². The van der Waals surface area contributed by atoms with E-state index in [0.717, 1.165) is 6.20 Å². The van der Waals surface area contributed by atoms with Crippen molar-refractivity contribution >= 4 is 22.6 Å². The number of anilines is 1. The van der Waals surface area contributed by atoms with Crippen LogP contribution in [0.1, 0.15) is 28.4 Å². The molecule has 2 unspecified atom stereocenters. The first kappa shape index (κ1) is 15.3. The third-order valence-electron chi connectivity index (χ3n) is 4.10. The summed E-state index contributed by atoms with van der Waals surface area (Å²) in [5.74, 6) is -2.30. The highest BCUT2D eigenvalue weighted by atomic mass is 19.1. The lowest BCUT2D eigenvalue weighted by Crippen LogP contribution is -2.21. The molecule has 0 radical (unpaired) electrons. The number of carbonyl (C=O) groups is 1. The van der Waals surface area contributed by atoms with Crippen LogP contribution in [0.25, 0.3) is 10.9 Å². The van der Waals surface area contributed by atoms with E-state index < -0.39 is 40.7 Å². The Labute approximate surface area is 129 Å². The van der Waals surface area contributed by atoms with E-state index in [2.05, 4.69) is 0 Å². The minimum atomic E-state index is -1.49. The molecule has 1 fully saturated rings. The van der Waals surface area contributed by atoms with Gasteiger partial charge in [0.1, 0.15) is 17.5 Å². The first-order chi connectivity index (χ1) is 10.8. The Morgan fingerprint density at radius 1 is 1.52 bits per heavy atom. The number of hydrogen-bond acceptors (Lipinski definition) is 4. The molecule has 3 N–H and O–H groups in total. The standard InChI is InChI=1S/C15H14F2N2O4/c1-5-10(17)11(18)9-12(14(5)23-2)19(8-3-7(8)16)4-6(13(9)20)15(21)22/h4,7-8H,3,18H2,1-2H3,(H,21,22). The summed E-state index contributed by atoms with van der Waals surface area (Å²) in [4.78, 5) is 23.7. The van der Waals surface area contributed by atoms with Gasteiger partial charge in [0.05, 0.1) is 29.7 Å². The molecule has 1 saturated carbocycles. The topological polar surface area (TPSA) is 94.6 Å². The Bertz CT molecular complexity index is 907. The van der Waals surface area contributed by atoms with Gasteiger partial charge in [-0.25, -0.2) is 13.6 Å². The molecule has 1 heterocycles. The van der Waals surface area contributed by atoms with Crippen LogP contribution in [0.4, 0.5) is 14.5 Å². The van der Waals surface area contributed by atoms with E-state index in [1.165, 1.54) is 18.6 Å². The number of pyridine rings is 1. The van der Waals surface area contributed by atoms with Gasteiger partial charge < -0.3 is 20.1 Å². The number of methoxy groups -OCH3 is 1. The quantitative estimate of drug-likeness (QED) is 0.842. The van der Waals surface area contributed by atoms with Crippen LogP contribution in [0.15, 0.2) is 11.0 Å². The monoisotopic (exact) mass is 324 g/mol. The molecule has 1 aliphatic carbocycles. The lowest BCUT2D eigenvalue weighted by atomic mass is 10.0. The van der Waals surface area contributed by atoms with Gasteiger partial charge in [0.15, 0.2) is 5.82 Å². The lowest BCUT2D eigenvalue weighted by Gasteiger charge is -2.18. The normalized spacial score (nSPS) is 19.8. The minimum absolute atomic E-state index is 0.0415. The number of halogens is 2. The van der Waals surface area contributed by atoms with Crippen molar-refractivity contribution in [3.05, 3.63) is 33.4 Å². The number of ether oxygens (including phenoxy) is 1. The van der Waals surface area contributed by atoms with Crippen LogP contribution >= 0.6 is 0 Å². The van der Waals surface area contributed by atoms with Gasteiger partial charge in [0.25, 0.3) is 0 Å².